The van der Waals surface area contributed by atoms with Crippen LogP contribution in [0.1, 0.15) is 10.4 Å². The minimum absolute atomic E-state index is 0.290. The zero-order valence-electron chi connectivity index (χ0n) is 9.26. The molecule has 3 N–H and O–H groups in total. The van der Waals surface area contributed by atoms with Crippen LogP contribution in [0.2, 0.25) is 0 Å². The van der Waals surface area contributed by atoms with Gasteiger partial charge < -0.3 is 10.8 Å². The van der Waals surface area contributed by atoms with Gasteiger partial charge in [0.1, 0.15) is 0 Å². The fourth-order valence-corrected chi connectivity index (χ4v) is 2.76. The normalized spacial score (nSPS) is 10.3. The van der Waals surface area contributed by atoms with Crippen LogP contribution in [-0.2, 0) is 0 Å². The van der Waals surface area contributed by atoms with Crippen molar-refractivity contribution in [1.29, 1.82) is 0 Å². The topological polar surface area (TPSA) is 63.3 Å². The van der Waals surface area contributed by atoms with Crippen molar-refractivity contribution in [3.8, 4) is 0 Å². The second-order valence-electron chi connectivity index (χ2n) is 3.61. The molecule has 3 nitrogen and oxygen atoms in total. The van der Waals surface area contributed by atoms with Crippen LogP contribution in [0.25, 0.3) is 0 Å². The Kier molecular flexibility index (Phi) is 3.93. The lowest BCUT2D eigenvalue weighted by Crippen LogP contribution is -1.94. The molecule has 2 aromatic carbocycles. The van der Waals surface area contributed by atoms with E-state index in [0.717, 1.165) is 14.3 Å². The van der Waals surface area contributed by atoms with Crippen LogP contribution in [0.4, 0.5) is 5.69 Å². The van der Waals surface area contributed by atoms with Gasteiger partial charge in [0.25, 0.3) is 0 Å². The molecular formula is C13H10BrNO2S. The Morgan fingerprint density at radius 1 is 1.11 bits per heavy atom. The average Bonchev–Trinajstić information content (AvgIpc) is 2.34. The zero-order valence-corrected chi connectivity index (χ0v) is 11.7. The molecule has 5 heteroatoms. The fourth-order valence-electron chi connectivity index (χ4n) is 1.37. The minimum Gasteiger partial charge on any atom is -0.478 e. The number of hydrogen-bond acceptors (Lipinski definition) is 3. The lowest BCUT2D eigenvalue weighted by atomic mass is 10.2. The molecule has 0 aliphatic heterocycles. The third-order valence-electron chi connectivity index (χ3n) is 2.31. The van der Waals surface area contributed by atoms with E-state index < -0.39 is 5.97 Å². The van der Waals surface area contributed by atoms with Crippen molar-refractivity contribution in [1.82, 2.24) is 0 Å². The van der Waals surface area contributed by atoms with Crippen LogP contribution < -0.4 is 5.73 Å². The molecule has 0 saturated carbocycles. The summed E-state index contributed by atoms with van der Waals surface area (Å²) >= 11 is 4.93. The minimum atomic E-state index is -0.915. The van der Waals surface area contributed by atoms with E-state index in [1.165, 1.54) is 0 Å². The monoisotopic (exact) mass is 323 g/mol. The molecule has 92 valence electrons. The number of rotatable bonds is 3. The van der Waals surface area contributed by atoms with Crippen LogP contribution >= 0.6 is 27.7 Å². The van der Waals surface area contributed by atoms with Crippen LogP contribution in [-0.4, -0.2) is 11.1 Å². The van der Waals surface area contributed by atoms with E-state index in [0.29, 0.717) is 5.69 Å². The van der Waals surface area contributed by atoms with E-state index in [9.17, 15) is 4.79 Å². The van der Waals surface area contributed by atoms with Crippen LogP contribution in [0.5, 0.6) is 0 Å². The number of hydrogen-bond donors (Lipinski definition) is 2. The lowest BCUT2D eigenvalue weighted by molar-refractivity contribution is 0.0697. The number of aromatic carboxylic acids is 1. The molecule has 0 unspecified atom stereocenters. The van der Waals surface area contributed by atoms with Crippen molar-refractivity contribution in [2.75, 3.05) is 5.73 Å². The van der Waals surface area contributed by atoms with Crippen molar-refractivity contribution in [3.63, 3.8) is 0 Å². The van der Waals surface area contributed by atoms with Crippen LogP contribution in [0.3, 0.4) is 0 Å². The Hall–Kier alpha value is -1.46. The van der Waals surface area contributed by atoms with Crippen molar-refractivity contribution in [3.05, 3.63) is 52.5 Å². The van der Waals surface area contributed by atoms with E-state index in [1.54, 1.807) is 36.0 Å². The summed E-state index contributed by atoms with van der Waals surface area (Å²) in [5.41, 5.74) is 6.70. The Morgan fingerprint density at radius 2 is 1.72 bits per heavy atom. The van der Waals surface area contributed by atoms with E-state index in [2.05, 4.69) is 15.9 Å². The molecule has 18 heavy (non-hydrogen) atoms. The molecule has 0 aliphatic rings. The van der Waals surface area contributed by atoms with Crippen LogP contribution in [0, 0.1) is 0 Å². The zero-order chi connectivity index (χ0) is 13.1. The standard InChI is InChI=1S/C13H10BrNO2S/c14-11-7-10(5-6-12(11)15)18-9-3-1-8(2-4-9)13(16)17/h1-7H,15H2,(H,16,17). The van der Waals surface area contributed by atoms with Gasteiger partial charge in [0.2, 0.25) is 0 Å². The smallest absolute Gasteiger partial charge is 0.335 e. The first kappa shape index (κ1) is 13.0. The summed E-state index contributed by atoms with van der Waals surface area (Å²) in [4.78, 5) is 12.7. The largest absolute Gasteiger partial charge is 0.478 e. The van der Waals surface area contributed by atoms with Crippen molar-refractivity contribution in [2.45, 2.75) is 9.79 Å². The SMILES string of the molecule is Nc1ccc(Sc2ccc(C(=O)O)cc2)cc1Br. The summed E-state index contributed by atoms with van der Waals surface area (Å²) in [7, 11) is 0. The maximum atomic E-state index is 10.7. The highest BCUT2D eigenvalue weighted by Crippen LogP contribution is 2.31. The number of nitrogens with two attached hydrogens (primary N) is 1. The molecule has 0 radical (unpaired) electrons. The predicted octanol–water partition coefficient (Wildman–Crippen LogP) is 3.88. The summed E-state index contributed by atoms with van der Waals surface area (Å²) in [6.45, 7) is 0. The van der Waals surface area contributed by atoms with Gasteiger partial charge in [-0.1, -0.05) is 11.8 Å². The van der Waals surface area contributed by atoms with Gasteiger partial charge in [-0.05, 0) is 58.4 Å². The Labute approximate surface area is 117 Å². The van der Waals surface area contributed by atoms with Gasteiger partial charge in [0.15, 0.2) is 0 Å². The molecule has 0 fully saturated rings. The van der Waals surface area contributed by atoms with Gasteiger partial charge in [0.05, 0.1) is 5.56 Å². The molecule has 0 aromatic heterocycles. The second-order valence-corrected chi connectivity index (χ2v) is 5.62. The average molecular weight is 324 g/mol. The maximum Gasteiger partial charge on any atom is 0.335 e. The number of nitrogen functional groups attached to an aromatic ring is 1. The van der Waals surface area contributed by atoms with E-state index in [1.807, 2.05) is 18.2 Å². The lowest BCUT2D eigenvalue weighted by Gasteiger charge is -2.04. The second kappa shape index (κ2) is 5.46. The Bertz CT molecular complexity index is 584. The van der Waals surface area contributed by atoms with Crippen molar-refractivity contribution < 1.29 is 9.90 Å². The third kappa shape index (κ3) is 3.05. The summed E-state index contributed by atoms with van der Waals surface area (Å²) in [6, 6.07) is 12.5. The van der Waals surface area contributed by atoms with Gasteiger partial charge in [-0.2, -0.15) is 0 Å². The van der Waals surface area contributed by atoms with Crippen LogP contribution in [0.15, 0.2) is 56.7 Å². The predicted molar refractivity (Wildman–Crippen MR) is 76.1 cm³/mol. The molecule has 0 spiro atoms. The third-order valence-corrected chi connectivity index (χ3v) is 3.99. The molecule has 2 rings (SSSR count). The van der Waals surface area contributed by atoms with E-state index in [-0.39, 0.29) is 5.56 Å². The highest BCUT2D eigenvalue weighted by Gasteiger charge is 2.04. The van der Waals surface area contributed by atoms with Gasteiger partial charge >= 0.3 is 5.97 Å². The molecule has 0 heterocycles. The van der Waals surface area contributed by atoms with Crippen molar-refractivity contribution in [2.24, 2.45) is 0 Å². The first-order chi connectivity index (χ1) is 8.56. The highest BCUT2D eigenvalue weighted by atomic mass is 79.9. The van der Waals surface area contributed by atoms with Gasteiger partial charge in [-0.3, -0.25) is 0 Å². The van der Waals surface area contributed by atoms with Gasteiger partial charge in [-0.15, -0.1) is 0 Å². The first-order valence-corrected chi connectivity index (χ1v) is 6.73. The summed E-state index contributed by atoms with van der Waals surface area (Å²) in [5, 5.41) is 8.81. The summed E-state index contributed by atoms with van der Waals surface area (Å²) in [5.74, 6) is -0.915. The van der Waals surface area contributed by atoms with Gasteiger partial charge in [0, 0.05) is 20.0 Å². The first-order valence-electron chi connectivity index (χ1n) is 5.12. The van der Waals surface area contributed by atoms with E-state index in [4.69, 9.17) is 10.8 Å². The number of benzene rings is 2. The fraction of sp³-hybridized carbons (Fsp3) is 0. The van der Waals surface area contributed by atoms with E-state index >= 15 is 0 Å². The number of carboxylic acid groups (broad SMARTS) is 1. The number of anilines is 1. The van der Waals surface area contributed by atoms with Crippen molar-refractivity contribution >= 4 is 39.3 Å². The molecule has 0 atom stereocenters. The van der Waals surface area contributed by atoms with Gasteiger partial charge in [-0.25, -0.2) is 4.79 Å². The summed E-state index contributed by atoms with van der Waals surface area (Å²) < 4.78 is 0.856. The molecule has 2 aromatic rings. The molecule has 0 aliphatic carbocycles. The summed E-state index contributed by atoms with van der Waals surface area (Å²) in [6.07, 6.45) is 0. The molecule has 0 amide bonds. The molecule has 0 bridgehead atoms. The molecular weight excluding hydrogens is 314 g/mol. The Balaban J connectivity index is 2.18. The quantitative estimate of drug-likeness (QED) is 0.841. The number of carbonyl (C=O) groups is 1. The molecule has 0 saturated heterocycles. The number of halogens is 1. The number of carboxylic acids is 1. The Morgan fingerprint density at radius 3 is 2.28 bits per heavy atom. The highest BCUT2D eigenvalue weighted by molar-refractivity contribution is 9.10. The maximum absolute atomic E-state index is 10.7.